The summed E-state index contributed by atoms with van der Waals surface area (Å²) in [7, 11) is 0. The Balaban J connectivity index is 1.73. The molecule has 3 rings (SSSR count). The number of aromatic nitrogens is 4. The number of carbonyl (C=O) groups is 1. The Kier molecular flexibility index (Phi) is 7.96. The lowest BCUT2D eigenvalue weighted by Crippen LogP contribution is -2.29. The molecule has 35 heavy (non-hydrogen) atoms. The van der Waals surface area contributed by atoms with Gasteiger partial charge in [-0.15, -0.1) is 5.10 Å². The number of halogens is 6. The molecule has 0 spiro atoms. The predicted molar refractivity (Wildman–Crippen MR) is 125 cm³/mol. The van der Waals surface area contributed by atoms with Gasteiger partial charge < -0.3 is 11.1 Å². The number of anilines is 1. The van der Waals surface area contributed by atoms with Gasteiger partial charge in [0.15, 0.2) is 5.82 Å². The summed E-state index contributed by atoms with van der Waals surface area (Å²) >= 11 is 12.9. The van der Waals surface area contributed by atoms with E-state index in [1.54, 1.807) is 13.8 Å². The Bertz CT molecular complexity index is 1330. The molecular formula is C21H16Cl2F4N6OS. The number of amides is 1. The van der Waals surface area contributed by atoms with Crippen LogP contribution in [0.25, 0.3) is 5.69 Å². The molecule has 7 nitrogen and oxygen atoms in total. The maximum Gasteiger partial charge on any atom is 0.416 e. The number of nitrogens with one attached hydrogen (secondary N) is 1. The molecule has 0 fully saturated rings. The maximum absolute atomic E-state index is 14.5. The van der Waals surface area contributed by atoms with E-state index in [1.165, 1.54) is 12.1 Å². The largest absolute Gasteiger partial charge is 0.416 e. The molecule has 0 atom stereocenters. The molecule has 0 saturated carbocycles. The van der Waals surface area contributed by atoms with Crippen LogP contribution in [0.15, 0.2) is 35.5 Å². The van der Waals surface area contributed by atoms with Crippen LogP contribution in [-0.4, -0.2) is 37.4 Å². The second-order valence-electron chi connectivity index (χ2n) is 7.63. The predicted octanol–water partition coefficient (Wildman–Crippen LogP) is 4.95. The number of hydrogen-bond donors (Lipinski definition) is 2. The van der Waals surface area contributed by atoms with Gasteiger partial charge in [0, 0.05) is 0 Å². The molecule has 14 heteroatoms. The van der Waals surface area contributed by atoms with Crippen LogP contribution in [0.5, 0.6) is 0 Å². The molecule has 0 unspecified atom stereocenters. The van der Waals surface area contributed by atoms with Gasteiger partial charge in [-0.2, -0.15) is 17.9 Å². The first kappa shape index (κ1) is 26.7. The zero-order valence-corrected chi connectivity index (χ0v) is 20.4. The highest BCUT2D eigenvalue weighted by Crippen LogP contribution is 2.34. The number of tetrazole rings is 1. The van der Waals surface area contributed by atoms with Gasteiger partial charge in [0.25, 0.3) is 0 Å². The quantitative estimate of drug-likeness (QED) is 0.267. The van der Waals surface area contributed by atoms with E-state index in [4.69, 9.17) is 28.9 Å². The van der Waals surface area contributed by atoms with E-state index < -0.39 is 29.0 Å². The van der Waals surface area contributed by atoms with Crippen molar-refractivity contribution in [2.45, 2.75) is 30.7 Å². The standard InChI is InChI=1S/C21H16Cl2F4N6OS/c1-20(2,28)8-7-11-3-6-14(17(23)18(11)24)29-16(34)10-35-19-30-31-32-33(19)15-9-12(21(25,26)27)4-5-13(15)22/h3-6,9H,10,28H2,1-2H3,(H,29,34). The Hall–Kier alpha value is -2.85. The van der Waals surface area contributed by atoms with Crippen molar-refractivity contribution in [3.8, 4) is 17.5 Å². The fraction of sp³-hybridized carbons (Fsp3) is 0.238. The van der Waals surface area contributed by atoms with Crippen LogP contribution in [0.2, 0.25) is 10.0 Å². The number of nitrogens with zero attached hydrogens (tertiary/aromatic N) is 4. The summed E-state index contributed by atoms with van der Waals surface area (Å²) < 4.78 is 54.7. The summed E-state index contributed by atoms with van der Waals surface area (Å²) in [6, 6.07) is 5.42. The SMILES string of the molecule is CC(C)(N)C#Cc1ccc(NC(=O)CSc2nnnn2-c2cc(C(F)(F)F)ccc2Cl)c(Cl)c1F. The number of benzene rings is 2. The number of nitrogens with two attached hydrogens (primary N) is 1. The van der Waals surface area contributed by atoms with Gasteiger partial charge in [0.2, 0.25) is 11.1 Å². The van der Waals surface area contributed by atoms with Crippen LogP contribution in [-0.2, 0) is 11.0 Å². The molecule has 184 valence electrons. The van der Waals surface area contributed by atoms with E-state index in [0.29, 0.717) is 0 Å². The third-order valence-electron chi connectivity index (χ3n) is 4.15. The lowest BCUT2D eigenvalue weighted by atomic mass is 10.1. The molecule has 1 heterocycles. The normalized spacial score (nSPS) is 11.7. The monoisotopic (exact) mass is 546 g/mol. The average Bonchev–Trinajstić information content (AvgIpc) is 3.22. The first-order valence-electron chi connectivity index (χ1n) is 9.64. The van der Waals surface area contributed by atoms with Gasteiger partial charge in [-0.3, -0.25) is 4.79 Å². The highest BCUT2D eigenvalue weighted by Gasteiger charge is 2.31. The van der Waals surface area contributed by atoms with Crippen molar-refractivity contribution in [2.75, 3.05) is 11.1 Å². The Labute approximate surface area is 211 Å². The Morgan fingerprint density at radius 2 is 1.94 bits per heavy atom. The van der Waals surface area contributed by atoms with Crippen LogP contribution in [0.1, 0.15) is 25.0 Å². The summed E-state index contributed by atoms with van der Waals surface area (Å²) in [5.74, 6) is 3.60. The molecule has 0 radical (unpaired) electrons. The number of alkyl halides is 3. The number of rotatable bonds is 5. The summed E-state index contributed by atoms with van der Waals surface area (Å²) in [6.07, 6.45) is -4.60. The van der Waals surface area contributed by atoms with Crippen molar-refractivity contribution in [2.24, 2.45) is 5.73 Å². The second kappa shape index (κ2) is 10.4. The zero-order valence-electron chi connectivity index (χ0n) is 18.0. The van der Waals surface area contributed by atoms with E-state index in [2.05, 4.69) is 32.7 Å². The molecule has 3 N–H and O–H groups in total. The van der Waals surface area contributed by atoms with Crippen molar-refractivity contribution < 1.29 is 22.4 Å². The summed E-state index contributed by atoms with van der Waals surface area (Å²) in [6.45, 7) is 3.31. The zero-order chi connectivity index (χ0) is 26.0. The molecule has 0 aliphatic heterocycles. The van der Waals surface area contributed by atoms with Gasteiger partial charge in [-0.25, -0.2) is 4.39 Å². The third-order valence-corrected chi connectivity index (χ3v) is 5.76. The summed E-state index contributed by atoms with van der Waals surface area (Å²) in [4.78, 5) is 12.4. The number of thioether (sulfide) groups is 1. The molecule has 3 aromatic rings. The maximum atomic E-state index is 14.5. The molecule has 0 aliphatic carbocycles. The second-order valence-corrected chi connectivity index (χ2v) is 9.36. The first-order valence-corrected chi connectivity index (χ1v) is 11.4. The van der Waals surface area contributed by atoms with Crippen molar-refractivity contribution in [3.05, 3.63) is 57.3 Å². The van der Waals surface area contributed by atoms with Gasteiger partial charge in [0.1, 0.15) is 5.02 Å². The number of carbonyl (C=O) groups excluding carboxylic acids is 1. The van der Waals surface area contributed by atoms with Gasteiger partial charge >= 0.3 is 6.18 Å². The van der Waals surface area contributed by atoms with E-state index in [9.17, 15) is 22.4 Å². The summed E-state index contributed by atoms with van der Waals surface area (Å²) in [5.41, 5.74) is 3.89. The fourth-order valence-corrected chi connectivity index (χ4v) is 3.65. The van der Waals surface area contributed by atoms with Crippen LogP contribution in [0.3, 0.4) is 0 Å². The molecule has 0 saturated heterocycles. The molecule has 0 aliphatic rings. The lowest BCUT2D eigenvalue weighted by molar-refractivity contribution is -0.137. The average molecular weight is 547 g/mol. The van der Waals surface area contributed by atoms with Crippen molar-refractivity contribution in [1.82, 2.24) is 20.2 Å². The van der Waals surface area contributed by atoms with Gasteiger partial charge in [0.05, 0.1) is 38.8 Å². The van der Waals surface area contributed by atoms with Crippen molar-refractivity contribution in [1.29, 1.82) is 0 Å². The Morgan fingerprint density at radius 1 is 1.23 bits per heavy atom. The highest BCUT2D eigenvalue weighted by atomic mass is 35.5. The minimum absolute atomic E-state index is 0.00726. The van der Waals surface area contributed by atoms with Gasteiger partial charge in [-0.05, 0) is 54.6 Å². The lowest BCUT2D eigenvalue weighted by Gasteiger charge is -2.11. The summed E-state index contributed by atoms with van der Waals surface area (Å²) in [5, 5.41) is 12.9. The van der Waals surface area contributed by atoms with Crippen LogP contribution in [0, 0.1) is 17.7 Å². The number of hydrogen-bond acceptors (Lipinski definition) is 6. The van der Waals surface area contributed by atoms with E-state index in [-0.39, 0.29) is 37.9 Å². The molecule has 1 aromatic heterocycles. The minimum Gasteiger partial charge on any atom is -0.324 e. The van der Waals surface area contributed by atoms with Crippen LogP contribution < -0.4 is 11.1 Å². The fourth-order valence-electron chi connectivity index (χ4n) is 2.56. The topological polar surface area (TPSA) is 98.7 Å². The highest BCUT2D eigenvalue weighted by molar-refractivity contribution is 7.99. The third kappa shape index (κ3) is 6.85. The van der Waals surface area contributed by atoms with E-state index >= 15 is 0 Å². The smallest absolute Gasteiger partial charge is 0.324 e. The van der Waals surface area contributed by atoms with Crippen LogP contribution in [0.4, 0.5) is 23.2 Å². The van der Waals surface area contributed by atoms with Crippen molar-refractivity contribution >= 4 is 46.6 Å². The van der Waals surface area contributed by atoms with Gasteiger partial charge in [-0.1, -0.05) is 46.8 Å². The molecule has 2 aromatic carbocycles. The first-order chi connectivity index (χ1) is 16.3. The Morgan fingerprint density at radius 3 is 2.60 bits per heavy atom. The van der Waals surface area contributed by atoms with E-state index in [1.807, 2.05) is 0 Å². The molecular weight excluding hydrogens is 531 g/mol. The minimum atomic E-state index is -4.60. The van der Waals surface area contributed by atoms with Crippen molar-refractivity contribution in [3.63, 3.8) is 0 Å². The van der Waals surface area contributed by atoms with Crippen LogP contribution >= 0.6 is 35.0 Å². The van der Waals surface area contributed by atoms with E-state index in [0.717, 1.165) is 34.6 Å². The molecule has 1 amide bonds. The molecule has 0 bridgehead atoms.